The zero-order valence-corrected chi connectivity index (χ0v) is 14.5. The maximum absolute atomic E-state index is 14.1. The summed E-state index contributed by atoms with van der Waals surface area (Å²) in [7, 11) is 3.66. The minimum Gasteiger partial charge on any atom is -0.377 e. The highest BCUT2D eigenvalue weighted by Gasteiger charge is 2.32. The van der Waals surface area contributed by atoms with E-state index in [4.69, 9.17) is 16.1 Å². The van der Waals surface area contributed by atoms with E-state index in [1.165, 1.54) is 0 Å². The van der Waals surface area contributed by atoms with Crippen molar-refractivity contribution in [2.75, 3.05) is 24.3 Å². The molecule has 2 aromatic carbocycles. The van der Waals surface area contributed by atoms with E-state index in [0.717, 1.165) is 11.8 Å². The predicted octanol–water partition coefficient (Wildman–Crippen LogP) is 5.32. The van der Waals surface area contributed by atoms with Crippen molar-refractivity contribution in [3.63, 3.8) is 0 Å². The summed E-state index contributed by atoms with van der Waals surface area (Å²) in [6.07, 6.45) is -4.62. The van der Waals surface area contributed by atoms with Crippen molar-refractivity contribution in [1.82, 2.24) is 5.16 Å². The quantitative estimate of drug-likeness (QED) is 0.615. The van der Waals surface area contributed by atoms with Crippen molar-refractivity contribution in [1.29, 1.82) is 0 Å². The number of hydrogen-bond donors (Lipinski definition) is 1. The Morgan fingerprint density at radius 2 is 1.96 bits per heavy atom. The molecular formula is C17H14ClF4N3O. The third-order valence-electron chi connectivity index (χ3n) is 3.84. The lowest BCUT2D eigenvalue weighted by Crippen LogP contribution is -2.11. The standard InChI is InChI=1S/C17H14ClF4N3O/c1-25(2)12-4-3-5-13-14(12)16(24-26-13)23-8-9-6-10(17(20,21)22)7-11(18)15(9)19/h3-7H,8H2,1-2H3,(H,23,24). The third-order valence-corrected chi connectivity index (χ3v) is 4.11. The van der Waals surface area contributed by atoms with Gasteiger partial charge in [-0.3, -0.25) is 0 Å². The number of anilines is 2. The van der Waals surface area contributed by atoms with Crippen molar-refractivity contribution in [3.05, 3.63) is 52.3 Å². The fourth-order valence-corrected chi connectivity index (χ4v) is 2.82. The zero-order chi connectivity index (χ0) is 19.1. The first kappa shape index (κ1) is 18.3. The summed E-state index contributed by atoms with van der Waals surface area (Å²) in [5, 5.41) is 6.78. The molecule has 0 aliphatic carbocycles. The van der Waals surface area contributed by atoms with Gasteiger partial charge in [0.1, 0.15) is 5.82 Å². The summed E-state index contributed by atoms with van der Waals surface area (Å²) >= 11 is 5.60. The van der Waals surface area contributed by atoms with Gasteiger partial charge in [0.25, 0.3) is 0 Å². The first-order chi connectivity index (χ1) is 12.2. The fourth-order valence-electron chi connectivity index (χ4n) is 2.58. The Kier molecular flexibility index (Phi) is 4.70. The second kappa shape index (κ2) is 6.68. The summed E-state index contributed by atoms with van der Waals surface area (Å²) in [6.45, 7) is -0.237. The van der Waals surface area contributed by atoms with Crippen LogP contribution in [-0.4, -0.2) is 19.3 Å². The number of hydrogen-bond acceptors (Lipinski definition) is 4. The van der Waals surface area contributed by atoms with Gasteiger partial charge in [0.05, 0.1) is 21.7 Å². The average molecular weight is 388 g/mol. The van der Waals surface area contributed by atoms with Crippen LogP contribution >= 0.6 is 11.6 Å². The topological polar surface area (TPSA) is 41.3 Å². The maximum Gasteiger partial charge on any atom is 0.416 e. The molecule has 0 aliphatic heterocycles. The summed E-state index contributed by atoms with van der Waals surface area (Å²) < 4.78 is 58.1. The van der Waals surface area contributed by atoms with E-state index in [-0.39, 0.29) is 12.1 Å². The Labute approximate surface area is 151 Å². The van der Waals surface area contributed by atoms with Gasteiger partial charge in [0.15, 0.2) is 11.4 Å². The highest BCUT2D eigenvalue weighted by Crippen LogP contribution is 2.35. The lowest BCUT2D eigenvalue weighted by molar-refractivity contribution is -0.137. The van der Waals surface area contributed by atoms with Gasteiger partial charge in [0, 0.05) is 26.2 Å². The molecule has 1 N–H and O–H groups in total. The van der Waals surface area contributed by atoms with E-state index in [2.05, 4.69) is 10.5 Å². The molecule has 0 radical (unpaired) electrons. The molecule has 3 rings (SSSR count). The van der Waals surface area contributed by atoms with Crippen molar-refractivity contribution in [2.24, 2.45) is 0 Å². The van der Waals surface area contributed by atoms with Crippen molar-refractivity contribution >= 4 is 34.1 Å². The normalized spacial score (nSPS) is 11.8. The SMILES string of the molecule is CN(C)c1cccc2onc(NCc3cc(C(F)(F)F)cc(Cl)c3F)c12. The van der Waals surface area contributed by atoms with Crippen LogP contribution in [0.15, 0.2) is 34.9 Å². The predicted molar refractivity (Wildman–Crippen MR) is 92.1 cm³/mol. The Bertz CT molecular complexity index is 953. The lowest BCUT2D eigenvalue weighted by Gasteiger charge is -2.14. The summed E-state index contributed by atoms with van der Waals surface area (Å²) in [5.74, 6) is -0.606. The summed E-state index contributed by atoms with van der Waals surface area (Å²) in [6, 6.07) is 6.63. The molecule has 4 nitrogen and oxygen atoms in total. The van der Waals surface area contributed by atoms with E-state index in [1.54, 1.807) is 12.1 Å². The Hall–Kier alpha value is -2.48. The molecule has 9 heteroatoms. The molecule has 26 heavy (non-hydrogen) atoms. The van der Waals surface area contributed by atoms with Gasteiger partial charge < -0.3 is 14.7 Å². The van der Waals surface area contributed by atoms with Gasteiger partial charge in [-0.2, -0.15) is 13.2 Å². The van der Waals surface area contributed by atoms with E-state index >= 15 is 0 Å². The van der Waals surface area contributed by atoms with Crippen LogP contribution in [0.2, 0.25) is 5.02 Å². The van der Waals surface area contributed by atoms with Gasteiger partial charge in [-0.05, 0) is 24.3 Å². The molecule has 0 saturated heterocycles. The zero-order valence-electron chi connectivity index (χ0n) is 13.8. The van der Waals surface area contributed by atoms with Crippen LogP contribution in [0.25, 0.3) is 11.0 Å². The molecule has 0 bridgehead atoms. The van der Waals surface area contributed by atoms with Crippen LogP contribution in [-0.2, 0) is 12.7 Å². The van der Waals surface area contributed by atoms with Gasteiger partial charge in [-0.15, -0.1) is 0 Å². The van der Waals surface area contributed by atoms with Crippen LogP contribution in [0.3, 0.4) is 0 Å². The molecule has 0 unspecified atom stereocenters. The number of rotatable bonds is 4. The third kappa shape index (κ3) is 3.41. The second-order valence-corrected chi connectivity index (χ2v) is 6.27. The summed E-state index contributed by atoms with van der Waals surface area (Å²) in [5.41, 5.74) is 0.0676. The molecule has 1 aromatic heterocycles. The molecule has 0 saturated carbocycles. The van der Waals surface area contributed by atoms with Gasteiger partial charge in [0.2, 0.25) is 0 Å². The number of halogens is 5. The van der Waals surface area contributed by atoms with Crippen molar-refractivity contribution in [2.45, 2.75) is 12.7 Å². The first-order valence-corrected chi connectivity index (χ1v) is 7.91. The van der Waals surface area contributed by atoms with Gasteiger partial charge in [-0.1, -0.05) is 22.8 Å². The number of benzene rings is 2. The van der Waals surface area contributed by atoms with Crippen LogP contribution in [0.5, 0.6) is 0 Å². The van der Waals surface area contributed by atoms with E-state index < -0.39 is 22.6 Å². The number of nitrogens with zero attached hydrogens (tertiary/aromatic N) is 2. The molecule has 138 valence electrons. The van der Waals surface area contributed by atoms with Crippen molar-refractivity contribution < 1.29 is 22.1 Å². The molecule has 0 amide bonds. The molecule has 0 fully saturated rings. The Morgan fingerprint density at radius 3 is 2.62 bits per heavy atom. The number of nitrogens with one attached hydrogen (secondary N) is 1. The summed E-state index contributed by atoms with van der Waals surface area (Å²) in [4.78, 5) is 1.84. The lowest BCUT2D eigenvalue weighted by atomic mass is 10.1. The highest BCUT2D eigenvalue weighted by atomic mass is 35.5. The van der Waals surface area contributed by atoms with Crippen LogP contribution in [0.4, 0.5) is 29.1 Å². The van der Waals surface area contributed by atoms with E-state index in [9.17, 15) is 17.6 Å². The molecule has 0 aliphatic rings. The maximum atomic E-state index is 14.1. The molecular weight excluding hydrogens is 374 g/mol. The minimum atomic E-state index is -4.62. The van der Waals surface area contributed by atoms with Crippen LogP contribution in [0.1, 0.15) is 11.1 Å². The Morgan fingerprint density at radius 1 is 1.23 bits per heavy atom. The largest absolute Gasteiger partial charge is 0.416 e. The average Bonchev–Trinajstić information content (AvgIpc) is 2.98. The molecule has 1 heterocycles. The van der Waals surface area contributed by atoms with Gasteiger partial charge >= 0.3 is 6.18 Å². The van der Waals surface area contributed by atoms with E-state index in [1.807, 2.05) is 25.1 Å². The Balaban J connectivity index is 1.95. The van der Waals surface area contributed by atoms with E-state index in [0.29, 0.717) is 22.9 Å². The number of aromatic nitrogens is 1. The molecule has 0 atom stereocenters. The second-order valence-electron chi connectivity index (χ2n) is 5.86. The minimum absolute atomic E-state index is 0.219. The van der Waals surface area contributed by atoms with Crippen molar-refractivity contribution in [3.8, 4) is 0 Å². The monoisotopic (exact) mass is 387 g/mol. The number of alkyl halides is 3. The van der Waals surface area contributed by atoms with Gasteiger partial charge in [-0.25, -0.2) is 4.39 Å². The smallest absolute Gasteiger partial charge is 0.377 e. The fraction of sp³-hybridized carbons (Fsp3) is 0.235. The highest BCUT2D eigenvalue weighted by molar-refractivity contribution is 6.30. The number of fused-ring (bicyclic) bond motifs is 1. The molecule has 0 spiro atoms. The van der Waals surface area contributed by atoms with Crippen LogP contribution in [0, 0.1) is 5.82 Å². The first-order valence-electron chi connectivity index (χ1n) is 7.53. The van der Waals surface area contributed by atoms with Crippen LogP contribution < -0.4 is 10.2 Å². The molecule has 3 aromatic rings.